The van der Waals surface area contributed by atoms with E-state index in [0.29, 0.717) is 20.6 Å². The van der Waals surface area contributed by atoms with Gasteiger partial charge in [-0.05, 0) is 36.1 Å². The minimum atomic E-state index is -0.597. The fourth-order valence-corrected chi connectivity index (χ4v) is 5.98. The Hall–Kier alpha value is -4.01. The molecule has 4 aromatic rings. The number of fused-ring (bicyclic) bond motifs is 1. The van der Waals surface area contributed by atoms with Gasteiger partial charge in [0.15, 0.2) is 4.80 Å². The molecule has 0 saturated carbocycles. The number of aromatic nitrogens is 1. The van der Waals surface area contributed by atoms with Crippen molar-refractivity contribution in [3.8, 4) is 5.75 Å². The molecule has 1 unspecified atom stereocenters. The fourth-order valence-electron chi connectivity index (χ4n) is 4.16. The quantitative estimate of drug-likeness (QED) is 0.326. The summed E-state index contributed by atoms with van der Waals surface area (Å²) in [5.74, 6) is 0.273. The van der Waals surface area contributed by atoms with Crippen molar-refractivity contribution in [1.29, 1.82) is 0 Å². The summed E-state index contributed by atoms with van der Waals surface area (Å²) in [7, 11) is 1.63. The van der Waals surface area contributed by atoms with E-state index in [4.69, 9.17) is 9.47 Å². The first-order chi connectivity index (χ1) is 18.1. The van der Waals surface area contributed by atoms with Crippen LogP contribution >= 0.6 is 22.7 Å². The van der Waals surface area contributed by atoms with E-state index in [1.54, 1.807) is 24.7 Å². The summed E-state index contributed by atoms with van der Waals surface area (Å²) in [6, 6.07) is 20.4. The second-order valence-corrected chi connectivity index (χ2v) is 10.3. The zero-order valence-corrected chi connectivity index (χ0v) is 21.9. The van der Waals surface area contributed by atoms with Crippen molar-refractivity contribution in [2.75, 3.05) is 7.11 Å². The van der Waals surface area contributed by atoms with Crippen molar-refractivity contribution in [1.82, 2.24) is 4.57 Å². The molecule has 3 heterocycles. The van der Waals surface area contributed by atoms with Crippen LogP contribution in [0.2, 0.25) is 0 Å². The van der Waals surface area contributed by atoms with Crippen LogP contribution in [0.25, 0.3) is 12.2 Å². The number of carbonyl (C=O) groups excluding carboxylic acids is 1. The van der Waals surface area contributed by atoms with Crippen LogP contribution in [0.4, 0.5) is 0 Å². The molecule has 1 aliphatic heterocycles. The van der Waals surface area contributed by atoms with Crippen LogP contribution in [-0.2, 0) is 16.1 Å². The molecule has 0 radical (unpaired) electrons. The zero-order valence-electron chi connectivity index (χ0n) is 20.3. The number of hydrogen-bond acceptors (Lipinski definition) is 7. The van der Waals surface area contributed by atoms with Crippen molar-refractivity contribution >= 4 is 40.8 Å². The largest absolute Gasteiger partial charge is 0.496 e. The average Bonchev–Trinajstić information content (AvgIpc) is 3.56. The molecule has 0 fully saturated rings. The number of ether oxygens (including phenoxy) is 2. The summed E-state index contributed by atoms with van der Waals surface area (Å²) >= 11 is 2.79. The maximum absolute atomic E-state index is 13.6. The predicted octanol–water partition coefficient (Wildman–Crippen LogP) is 4.71. The van der Waals surface area contributed by atoms with Gasteiger partial charge in [-0.25, -0.2) is 9.79 Å². The van der Waals surface area contributed by atoms with Crippen molar-refractivity contribution < 1.29 is 14.3 Å². The summed E-state index contributed by atoms with van der Waals surface area (Å²) in [6.45, 7) is 1.93. The highest BCUT2D eigenvalue weighted by atomic mass is 32.1. The van der Waals surface area contributed by atoms with E-state index in [1.165, 1.54) is 22.7 Å². The third kappa shape index (κ3) is 5.12. The maximum atomic E-state index is 13.6. The summed E-state index contributed by atoms with van der Waals surface area (Å²) in [6.07, 6.45) is 5.49. The van der Waals surface area contributed by atoms with Crippen LogP contribution in [0, 0.1) is 0 Å². The highest BCUT2D eigenvalue weighted by Crippen LogP contribution is 2.33. The average molecular weight is 529 g/mol. The summed E-state index contributed by atoms with van der Waals surface area (Å²) < 4.78 is 13.2. The van der Waals surface area contributed by atoms with Crippen LogP contribution in [0.1, 0.15) is 29.0 Å². The van der Waals surface area contributed by atoms with Gasteiger partial charge in [-0.2, -0.15) is 0 Å². The standard InChI is InChI=1S/C29H24N2O4S2/c1-19-25(28(33)35-18-20-10-4-3-5-11-20)26(23-16-9-17-36-23)31-27(32)24(37-29(31)30-19)15-8-13-21-12-6-7-14-22(21)34-2/h3-17,26H,18H2,1-2H3/b13-8-,24-15?. The number of allylic oxidation sites excluding steroid dienone is 2. The number of nitrogens with zero attached hydrogens (tertiary/aromatic N) is 2. The van der Waals surface area contributed by atoms with Crippen molar-refractivity contribution in [2.24, 2.45) is 4.99 Å². The molecule has 1 atom stereocenters. The number of para-hydroxylation sites is 1. The molecular weight excluding hydrogens is 504 g/mol. The Morgan fingerprint density at radius 3 is 2.62 bits per heavy atom. The number of methoxy groups -OCH3 is 1. The van der Waals surface area contributed by atoms with Crippen molar-refractivity contribution in [3.63, 3.8) is 0 Å². The molecular formula is C29H24N2O4S2. The zero-order chi connectivity index (χ0) is 25.8. The molecule has 2 aromatic carbocycles. The molecule has 2 aromatic heterocycles. The lowest BCUT2D eigenvalue weighted by Crippen LogP contribution is -2.39. The molecule has 1 aliphatic rings. The normalized spacial score (nSPS) is 15.5. The van der Waals surface area contributed by atoms with Gasteiger partial charge in [0.2, 0.25) is 0 Å². The van der Waals surface area contributed by atoms with Crippen LogP contribution in [-0.4, -0.2) is 17.6 Å². The van der Waals surface area contributed by atoms with E-state index in [9.17, 15) is 9.59 Å². The van der Waals surface area contributed by atoms with Crippen LogP contribution in [0.15, 0.2) is 99.2 Å². The van der Waals surface area contributed by atoms with Gasteiger partial charge < -0.3 is 9.47 Å². The second-order valence-electron chi connectivity index (χ2n) is 8.28. The Bertz CT molecular complexity index is 1660. The lowest BCUT2D eigenvalue weighted by molar-refractivity contribution is -0.140. The van der Waals surface area contributed by atoms with Gasteiger partial charge in [-0.15, -0.1) is 11.3 Å². The van der Waals surface area contributed by atoms with E-state index >= 15 is 0 Å². The van der Waals surface area contributed by atoms with Gasteiger partial charge in [0, 0.05) is 10.4 Å². The topological polar surface area (TPSA) is 69.9 Å². The Balaban J connectivity index is 1.52. The molecule has 6 nitrogen and oxygen atoms in total. The van der Waals surface area contributed by atoms with Crippen molar-refractivity contribution in [2.45, 2.75) is 19.6 Å². The predicted molar refractivity (Wildman–Crippen MR) is 147 cm³/mol. The number of rotatable bonds is 7. The van der Waals surface area contributed by atoms with E-state index in [2.05, 4.69) is 4.99 Å². The number of thiazole rings is 1. The molecule has 0 N–H and O–H groups in total. The SMILES string of the molecule is COc1ccccc1/C=C\C=c1sc2n(c1=O)C(c1cccs1)C(C(=O)OCc1ccccc1)=C(C)N=2. The summed E-state index contributed by atoms with van der Waals surface area (Å²) in [5.41, 5.74) is 2.52. The molecule has 37 heavy (non-hydrogen) atoms. The van der Waals surface area contributed by atoms with E-state index in [-0.39, 0.29) is 12.2 Å². The molecule has 186 valence electrons. The third-order valence-electron chi connectivity index (χ3n) is 5.93. The highest BCUT2D eigenvalue weighted by Gasteiger charge is 2.34. The van der Waals surface area contributed by atoms with Crippen LogP contribution < -0.4 is 19.6 Å². The molecule has 0 bridgehead atoms. The molecule has 0 amide bonds. The van der Waals surface area contributed by atoms with Crippen LogP contribution in [0.3, 0.4) is 0 Å². The van der Waals surface area contributed by atoms with Gasteiger partial charge in [-0.1, -0.05) is 78.1 Å². The van der Waals surface area contributed by atoms with E-state index in [1.807, 2.05) is 84.3 Å². The Kier molecular flexibility index (Phi) is 7.30. The number of carbonyl (C=O) groups is 1. The highest BCUT2D eigenvalue weighted by molar-refractivity contribution is 7.10. The van der Waals surface area contributed by atoms with Gasteiger partial charge in [-0.3, -0.25) is 9.36 Å². The monoisotopic (exact) mass is 528 g/mol. The van der Waals surface area contributed by atoms with Gasteiger partial charge in [0.25, 0.3) is 5.56 Å². The first-order valence-corrected chi connectivity index (χ1v) is 13.3. The number of thiophene rings is 1. The Morgan fingerprint density at radius 2 is 1.86 bits per heavy atom. The van der Waals surface area contributed by atoms with Crippen LogP contribution in [0.5, 0.6) is 5.75 Å². The summed E-state index contributed by atoms with van der Waals surface area (Å²) in [5, 5.41) is 1.93. The lowest BCUT2D eigenvalue weighted by Gasteiger charge is -2.23. The molecule has 0 aliphatic carbocycles. The van der Waals surface area contributed by atoms with Crippen molar-refractivity contribution in [3.05, 3.63) is 125 Å². The number of hydrogen-bond donors (Lipinski definition) is 0. The minimum Gasteiger partial charge on any atom is -0.496 e. The Labute approximate surface area is 221 Å². The lowest BCUT2D eigenvalue weighted by atomic mass is 10.0. The van der Waals surface area contributed by atoms with Gasteiger partial charge >= 0.3 is 5.97 Å². The Morgan fingerprint density at radius 1 is 1.08 bits per heavy atom. The number of benzene rings is 2. The molecule has 0 saturated heterocycles. The maximum Gasteiger partial charge on any atom is 0.338 e. The number of esters is 1. The smallest absolute Gasteiger partial charge is 0.338 e. The third-order valence-corrected chi connectivity index (χ3v) is 7.86. The molecule has 0 spiro atoms. The van der Waals surface area contributed by atoms with E-state index in [0.717, 1.165) is 21.8 Å². The minimum absolute atomic E-state index is 0.145. The van der Waals surface area contributed by atoms with E-state index < -0.39 is 12.0 Å². The van der Waals surface area contributed by atoms with Gasteiger partial charge in [0.05, 0.1) is 22.9 Å². The molecule has 8 heteroatoms. The summed E-state index contributed by atoms with van der Waals surface area (Å²) in [4.78, 5) is 33.0. The first-order valence-electron chi connectivity index (χ1n) is 11.6. The fraction of sp³-hybridized carbons (Fsp3) is 0.138. The van der Waals surface area contributed by atoms with Gasteiger partial charge in [0.1, 0.15) is 18.4 Å². The first kappa shape index (κ1) is 24.7. The second kappa shape index (κ2) is 10.9. The molecule has 5 rings (SSSR count).